The molecule has 2 aromatic rings. The zero-order valence-corrected chi connectivity index (χ0v) is 16.2. The number of aryl methyl sites for hydroxylation is 2. The maximum Gasteiger partial charge on any atom is 0.210 e. The normalized spacial score (nSPS) is 11.4. The SMILES string of the molecule is CCOc1cc(S(=O)(=O)c2cc(CC)c(O)cc2OCC)c(C)cc1O. The summed E-state index contributed by atoms with van der Waals surface area (Å²) in [7, 11) is -3.96. The van der Waals surface area contributed by atoms with Gasteiger partial charge in [0.1, 0.15) is 16.4 Å². The highest BCUT2D eigenvalue weighted by molar-refractivity contribution is 7.91. The molecule has 2 aromatic carbocycles. The lowest BCUT2D eigenvalue weighted by molar-refractivity contribution is 0.316. The van der Waals surface area contributed by atoms with E-state index < -0.39 is 9.84 Å². The number of phenolic OH excluding ortho intramolecular Hbond substituents is 2. The highest BCUT2D eigenvalue weighted by atomic mass is 32.2. The maximum atomic E-state index is 13.3. The first-order chi connectivity index (χ1) is 12.3. The van der Waals surface area contributed by atoms with Crippen LogP contribution in [-0.2, 0) is 16.3 Å². The van der Waals surface area contributed by atoms with Gasteiger partial charge in [-0.3, -0.25) is 0 Å². The number of hydrogen-bond donors (Lipinski definition) is 2. The third kappa shape index (κ3) is 3.72. The van der Waals surface area contributed by atoms with Crippen molar-refractivity contribution in [3.05, 3.63) is 35.4 Å². The average molecular weight is 380 g/mol. The molecule has 0 fully saturated rings. The fraction of sp³-hybridized carbons (Fsp3) is 0.368. The second kappa shape index (κ2) is 7.86. The van der Waals surface area contributed by atoms with E-state index in [-0.39, 0.29) is 39.4 Å². The Hall–Kier alpha value is -2.41. The van der Waals surface area contributed by atoms with Crippen LogP contribution in [-0.4, -0.2) is 31.8 Å². The Morgan fingerprint density at radius 3 is 2.04 bits per heavy atom. The minimum atomic E-state index is -3.96. The summed E-state index contributed by atoms with van der Waals surface area (Å²) in [5.41, 5.74) is 0.896. The summed E-state index contributed by atoms with van der Waals surface area (Å²) in [5, 5.41) is 20.0. The van der Waals surface area contributed by atoms with E-state index in [0.29, 0.717) is 24.2 Å². The lowest BCUT2D eigenvalue weighted by atomic mass is 10.1. The molecule has 0 aliphatic carbocycles. The van der Waals surface area contributed by atoms with Gasteiger partial charge in [0.25, 0.3) is 0 Å². The summed E-state index contributed by atoms with van der Waals surface area (Å²) in [6.45, 7) is 7.45. The van der Waals surface area contributed by atoms with Crippen LogP contribution in [0, 0.1) is 6.92 Å². The molecule has 0 saturated carbocycles. The number of ether oxygens (including phenoxy) is 2. The molecule has 0 aliphatic heterocycles. The van der Waals surface area contributed by atoms with E-state index in [9.17, 15) is 18.6 Å². The molecule has 0 unspecified atom stereocenters. The van der Waals surface area contributed by atoms with Gasteiger partial charge in [-0.05, 0) is 50.5 Å². The molecule has 0 atom stereocenters. The van der Waals surface area contributed by atoms with Crippen LogP contribution >= 0.6 is 0 Å². The number of aromatic hydroxyl groups is 2. The van der Waals surface area contributed by atoms with Crippen molar-refractivity contribution < 1.29 is 28.1 Å². The topological polar surface area (TPSA) is 93.1 Å². The zero-order chi connectivity index (χ0) is 19.5. The van der Waals surface area contributed by atoms with E-state index in [0.717, 1.165) is 0 Å². The molecule has 0 saturated heterocycles. The van der Waals surface area contributed by atoms with Crippen LogP contribution in [0.1, 0.15) is 31.9 Å². The molecule has 0 radical (unpaired) electrons. The Kier molecular flexibility index (Phi) is 6.02. The minimum absolute atomic E-state index is 0.00710. The van der Waals surface area contributed by atoms with E-state index in [2.05, 4.69) is 0 Å². The van der Waals surface area contributed by atoms with E-state index in [1.54, 1.807) is 20.8 Å². The van der Waals surface area contributed by atoms with Crippen molar-refractivity contribution in [1.82, 2.24) is 0 Å². The molecule has 0 aromatic heterocycles. The molecule has 7 heteroatoms. The van der Waals surface area contributed by atoms with Crippen LogP contribution in [0.4, 0.5) is 0 Å². The zero-order valence-electron chi connectivity index (χ0n) is 15.4. The Balaban J connectivity index is 2.73. The molecule has 26 heavy (non-hydrogen) atoms. The van der Waals surface area contributed by atoms with Crippen molar-refractivity contribution >= 4 is 9.84 Å². The molecule has 0 amide bonds. The second-order valence-electron chi connectivity index (χ2n) is 5.74. The Labute approximate surface area is 153 Å². The van der Waals surface area contributed by atoms with Crippen molar-refractivity contribution in [3.63, 3.8) is 0 Å². The quantitative estimate of drug-likeness (QED) is 0.762. The van der Waals surface area contributed by atoms with Gasteiger partial charge in [0.05, 0.1) is 18.1 Å². The van der Waals surface area contributed by atoms with Crippen molar-refractivity contribution in [3.8, 4) is 23.0 Å². The largest absolute Gasteiger partial charge is 0.508 e. The van der Waals surface area contributed by atoms with Crippen LogP contribution in [0.3, 0.4) is 0 Å². The van der Waals surface area contributed by atoms with Gasteiger partial charge in [0, 0.05) is 12.1 Å². The number of phenols is 2. The van der Waals surface area contributed by atoms with Crippen LogP contribution in [0.15, 0.2) is 34.1 Å². The summed E-state index contributed by atoms with van der Waals surface area (Å²) in [6, 6.07) is 5.44. The predicted octanol–water partition coefficient (Wildman–Crippen LogP) is 3.60. The highest BCUT2D eigenvalue weighted by Crippen LogP contribution is 2.39. The third-order valence-electron chi connectivity index (χ3n) is 3.96. The Morgan fingerprint density at radius 2 is 1.46 bits per heavy atom. The molecule has 0 bridgehead atoms. The van der Waals surface area contributed by atoms with Gasteiger partial charge in [0.2, 0.25) is 9.84 Å². The lowest BCUT2D eigenvalue weighted by Gasteiger charge is -2.16. The van der Waals surface area contributed by atoms with Gasteiger partial charge >= 0.3 is 0 Å². The summed E-state index contributed by atoms with van der Waals surface area (Å²) in [5.74, 6) is 0.0670. The molecule has 0 heterocycles. The molecule has 0 spiro atoms. The van der Waals surface area contributed by atoms with Gasteiger partial charge in [-0.15, -0.1) is 0 Å². The third-order valence-corrected chi connectivity index (χ3v) is 5.88. The first-order valence-electron chi connectivity index (χ1n) is 8.46. The van der Waals surface area contributed by atoms with Crippen LogP contribution in [0.2, 0.25) is 0 Å². The van der Waals surface area contributed by atoms with Gasteiger partial charge in [0.15, 0.2) is 11.5 Å². The van der Waals surface area contributed by atoms with Crippen molar-refractivity contribution in [2.45, 2.75) is 43.9 Å². The van der Waals surface area contributed by atoms with Crippen molar-refractivity contribution in [1.29, 1.82) is 0 Å². The van der Waals surface area contributed by atoms with Gasteiger partial charge in [-0.1, -0.05) is 6.92 Å². The van der Waals surface area contributed by atoms with Gasteiger partial charge in [-0.25, -0.2) is 8.42 Å². The smallest absolute Gasteiger partial charge is 0.210 e. The molecule has 6 nitrogen and oxygen atoms in total. The van der Waals surface area contributed by atoms with E-state index in [1.165, 1.54) is 24.3 Å². The lowest BCUT2D eigenvalue weighted by Crippen LogP contribution is -2.09. The monoisotopic (exact) mass is 380 g/mol. The first kappa shape index (κ1) is 19.9. The Morgan fingerprint density at radius 1 is 0.846 bits per heavy atom. The molecule has 2 N–H and O–H groups in total. The van der Waals surface area contributed by atoms with Crippen LogP contribution < -0.4 is 9.47 Å². The first-order valence-corrected chi connectivity index (χ1v) is 9.94. The summed E-state index contributed by atoms with van der Waals surface area (Å²) in [4.78, 5) is -0.00214. The molecule has 0 aliphatic rings. The minimum Gasteiger partial charge on any atom is -0.508 e. The highest BCUT2D eigenvalue weighted by Gasteiger charge is 2.27. The van der Waals surface area contributed by atoms with Gasteiger partial charge < -0.3 is 19.7 Å². The van der Waals surface area contributed by atoms with E-state index in [1.807, 2.05) is 6.92 Å². The van der Waals surface area contributed by atoms with Crippen molar-refractivity contribution in [2.75, 3.05) is 13.2 Å². The van der Waals surface area contributed by atoms with Crippen LogP contribution in [0.25, 0.3) is 0 Å². The molecular weight excluding hydrogens is 356 g/mol. The predicted molar refractivity (Wildman–Crippen MR) is 98.1 cm³/mol. The number of hydrogen-bond acceptors (Lipinski definition) is 6. The fourth-order valence-corrected chi connectivity index (χ4v) is 4.35. The number of sulfone groups is 1. The van der Waals surface area contributed by atoms with E-state index >= 15 is 0 Å². The fourth-order valence-electron chi connectivity index (χ4n) is 2.69. The molecule has 142 valence electrons. The standard InChI is InChI=1S/C19H24O6S/c1-5-13-9-19(17(25-7-3)10-14(13)20)26(22,23)18-11-16(24-6-2)15(21)8-12(18)4/h8-11,20-21H,5-7H2,1-4H3. The Bertz CT molecular complexity index is 903. The number of benzene rings is 2. The molecule has 2 rings (SSSR count). The molecular formula is C19H24O6S. The van der Waals surface area contributed by atoms with Crippen LogP contribution in [0.5, 0.6) is 23.0 Å². The summed E-state index contributed by atoms with van der Waals surface area (Å²) in [6.07, 6.45) is 0.472. The van der Waals surface area contributed by atoms with E-state index in [4.69, 9.17) is 9.47 Å². The van der Waals surface area contributed by atoms with Crippen molar-refractivity contribution in [2.24, 2.45) is 0 Å². The number of rotatable bonds is 7. The second-order valence-corrected chi connectivity index (χ2v) is 7.62. The maximum absolute atomic E-state index is 13.3. The van der Waals surface area contributed by atoms with Gasteiger partial charge in [-0.2, -0.15) is 0 Å². The summed E-state index contributed by atoms with van der Waals surface area (Å²) < 4.78 is 37.4. The summed E-state index contributed by atoms with van der Waals surface area (Å²) >= 11 is 0. The average Bonchev–Trinajstić information content (AvgIpc) is 2.57.